The van der Waals surface area contributed by atoms with Crippen molar-refractivity contribution in [1.82, 2.24) is 24.6 Å². The van der Waals surface area contributed by atoms with E-state index in [9.17, 15) is 4.79 Å². The lowest BCUT2D eigenvalue weighted by molar-refractivity contribution is 0.0933. The molecule has 20 heavy (non-hydrogen) atoms. The van der Waals surface area contributed by atoms with E-state index in [1.165, 1.54) is 0 Å². The van der Waals surface area contributed by atoms with Crippen molar-refractivity contribution in [2.24, 2.45) is 12.5 Å². The topological polar surface area (TPSA) is 64.7 Å². The minimum Gasteiger partial charge on any atom is -0.350 e. The Morgan fingerprint density at radius 2 is 2.25 bits per heavy atom. The summed E-state index contributed by atoms with van der Waals surface area (Å²) in [7, 11) is 1.77. The zero-order chi connectivity index (χ0) is 14.2. The maximum atomic E-state index is 12.1. The summed E-state index contributed by atoms with van der Waals surface area (Å²) in [5.74, 6) is 0.966. The van der Waals surface area contributed by atoms with Crippen LogP contribution in [0.5, 0.6) is 0 Å². The van der Waals surface area contributed by atoms with Gasteiger partial charge in [0.2, 0.25) is 0 Å². The highest BCUT2D eigenvalue weighted by molar-refractivity contribution is 5.92. The molecule has 6 heteroatoms. The summed E-state index contributed by atoms with van der Waals surface area (Å²) >= 11 is 0. The summed E-state index contributed by atoms with van der Waals surface area (Å²) < 4.78 is 3.75. The predicted molar refractivity (Wildman–Crippen MR) is 74.2 cm³/mol. The van der Waals surface area contributed by atoms with Gasteiger partial charge in [-0.05, 0) is 25.8 Å². The average Bonchev–Trinajstić information content (AvgIpc) is 2.87. The second-order valence-electron chi connectivity index (χ2n) is 5.63. The van der Waals surface area contributed by atoms with Crippen LogP contribution in [0, 0.1) is 12.3 Å². The van der Waals surface area contributed by atoms with Crippen molar-refractivity contribution < 1.29 is 4.79 Å². The van der Waals surface area contributed by atoms with Gasteiger partial charge in [-0.3, -0.25) is 9.48 Å². The van der Waals surface area contributed by atoms with Gasteiger partial charge in [0.25, 0.3) is 5.91 Å². The number of carbonyl (C=O) groups is 1. The van der Waals surface area contributed by atoms with E-state index >= 15 is 0 Å². The van der Waals surface area contributed by atoms with Crippen LogP contribution in [-0.2, 0) is 13.6 Å². The maximum Gasteiger partial charge on any atom is 0.269 e. The van der Waals surface area contributed by atoms with Gasteiger partial charge in [-0.2, -0.15) is 5.10 Å². The Morgan fingerprint density at radius 3 is 2.80 bits per heavy atom. The third-order valence-corrected chi connectivity index (χ3v) is 4.06. The van der Waals surface area contributed by atoms with Crippen LogP contribution in [0.25, 0.3) is 0 Å². The molecule has 0 aromatic carbocycles. The number of imidazole rings is 1. The molecule has 3 rings (SSSR count). The predicted octanol–water partition coefficient (Wildman–Crippen LogP) is 1.14. The lowest BCUT2D eigenvalue weighted by Gasteiger charge is -2.17. The molecule has 0 aliphatic heterocycles. The fraction of sp³-hybridized carbons (Fsp3) is 0.500. The molecule has 2 aromatic heterocycles. The van der Waals surface area contributed by atoms with E-state index in [2.05, 4.69) is 20.0 Å². The number of aromatic nitrogens is 4. The second-order valence-corrected chi connectivity index (χ2v) is 5.63. The summed E-state index contributed by atoms with van der Waals surface area (Å²) in [6.07, 6.45) is 7.75. The number of carbonyl (C=O) groups excluding carboxylic acids is 1. The van der Waals surface area contributed by atoms with E-state index in [1.54, 1.807) is 24.0 Å². The molecule has 0 radical (unpaired) electrons. The van der Waals surface area contributed by atoms with E-state index in [-0.39, 0.29) is 11.3 Å². The van der Waals surface area contributed by atoms with Gasteiger partial charge in [0.05, 0.1) is 0 Å². The van der Waals surface area contributed by atoms with E-state index in [1.807, 2.05) is 19.3 Å². The Morgan fingerprint density at radius 1 is 1.45 bits per heavy atom. The molecule has 0 spiro atoms. The molecular weight excluding hydrogens is 254 g/mol. The van der Waals surface area contributed by atoms with Gasteiger partial charge in [-0.25, -0.2) is 4.98 Å². The third kappa shape index (κ3) is 2.45. The smallest absolute Gasteiger partial charge is 0.269 e. The first-order valence-corrected chi connectivity index (χ1v) is 6.84. The number of rotatable bonds is 5. The van der Waals surface area contributed by atoms with Crippen LogP contribution in [0.1, 0.15) is 29.2 Å². The molecule has 1 amide bonds. The maximum absolute atomic E-state index is 12.1. The molecule has 1 fully saturated rings. The molecule has 1 N–H and O–H groups in total. The Kier molecular flexibility index (Phi) is 3.08. The zero-order valence-electron chi connectivity index (χ0n) is 11.8. The van der Waals surface area contributed by atoms with Gasteiger partial charge in [0.1, 0.15) is 11.5 Å². The highest BCUT2D eigenvalue weighted by atomic mass is 16.2. The van der Waals surface area contributed by atoms with Crippen LogP contribution in [0.4, 0.5) is 0 Å². The minimum atomic E-state index is -0.0568. The van der Waals surface area contributed by atoms with Gasteiger partial charge >= 0.3 is 0 Å². The van der Waals surface area contributed by atoms with Crippen molar-refractivity contribution in [3.05, 3.63) is 36.2 Å². The number of nitrogens with zero attached hydrogens (tertiary/aromatic N) is 4. The number of nitrogens with one attached hydrogen (secondary N) is 1. The molecular formula is C14H19N5O. The lowest BCUT2D eigenvalue weighted by Crippen LogP contribution is -2.33. The van der Waals surface area contributed by atoms with E-state index in [0.29, 0.717) is 12.2 Å². The van der Waals surface area contributed by atoms with Gasteiger partial charge < -0.3 is 9.88 Å². The van der Waals surface area contributed by atoms with Crippen LogP contribution in [0.15, 0.2) is 24.7 Å². The molecule has 1 aliphatic rings. The van der Waals surface area contributed by atoms with Crippen molar-refractivity contribution >= 4 is 5.91 Å². The van der Waals surface area contributed by atoms with Crippen molar-refractivity contribution in [3.63, 3.8) is 0 Å². The summed E-state index contributed by atoms with van der Waals surface area (Å²) in [5, 5.41) is 7.04. The lowest BCUT2D eigenvalue weighted by atomic mass is 10.1. The van der Waals surface area contributed by atoms with Gasteiger partial charge in [0.15, 0.2) is 0 Å². The Balaban J connectivity index is 1.60. The van der Waals surface area contributed by atoms with Gasteiger partial charge in [0, 0.05) is 44.1 Å². The monoisotopic (exact) mass is 273 g/mol. The number of amides is 1. The third-order valence-electron chi connectivity index (χ3n) is 4.06. The Hall–Kier alpha value is -2.11. The number of aryl methyl sites for hydroxylation is 2. The summed E-state index contributed by atoms with van der Waals surface area (Å²) in [4.78, 5) is 16.3. The molecule has 0 unspecified atom stereocenters. The average molecular weight is 273 g/mol. The summed E-state index contributed by atoms with van der Waals surface area (Å²) in [5.41, 5.74) is 0.791. The summed E-state index contributed by atoms with van der Waals surface area (Å²) in [6, 6.07) is 1.73. The number of hydrogen-bond donors (Lipinski definition) is 1. The first-order valence-electron chi connectivity index (χ1n) is 6.84. The fourth-order valence-corrected chi connectivity index (χ4v) is 2.45. The van der Waals surface area contributed by atoms with Crippen LogP contribution < -0.4 is 5.32 Å². The number of hydrogen-bond acceptors (Lipinski definition) is 3. The highest BCUT2D eigenvalue weighted by Crippen LogP contribution is 2.46. The molecule has 0 atom stereocenters. The fourth-order valence-electron chi connectivity index (χ4n) is 2.45. The highest BCUT2D eigenvalue weighted by Gasteiger charge is 2.43. The largest absolute Gasteiger partial charge is 0.350 e. The summed E-state index contributed by atoms with van der Waals surface area (Å²) in [6.45, 7) is 3.63. The van der Waals surface area contributed by atoms with Crippen LogP contribution >= 0.6 is 0 Å². The molecule has 1 saturated carbocycles. The Bertz CT molecular complexity index is 623. The SMILES string of the molecule is Cc1nccn1CC1(CNC(=O)c2ccnn2C)CC1. The molecule has 6 nitrogen and oxygen atoms in total. The standard InChI is InChI=1S/C14H19N5O/c1-11-15-7-8-19(11)10-14(4-5-14)9-16-13(20)12-3-6-17-18(12)2/h3,6-8H,4-5,9-10H2,1-2H3,(H,16,20). The van der Waals surface area contributed by atoms with Crippen molar-refractivity contribution in [1.29, 1.82) is 0 Å². The van der Waals surface area contributed by atoms with E-state index in [4.69, 9.17) is 0 Å². The van der Waals surface area contributed by atoms with Crippen LogP contribution in [0.2, 0.25) is 0 Å². The normalized spacial score (nSPS) is 16.1. The molecule has 0 bridgehead atoms. The molecule has 2 heterocycles. The molecule has 0 saturated heterocycles. The first-order chi connectivity index (χ1) is 9.60. The van der Waals surface area contributed by atoms with Crippen molar-refractivity contribution in [2.75, 3.05) is 6.54 Å². The van der Waals surface area contributed by atoms with Crippen molar-refractivity contribution in [2.45, 2.75) is 26.3 Å². The van der Waals surface area contributed by atoms with Crippen LogP contribution in [0.3, 0.4) is 0 Å². The zero-order valence-corrected chi connectivity index (χ0v) is 11.8. The van der Waals surface area contributed by atoms with Gasteiger partial charge in [-0.1, -0.05) is 0 Å². The Labute approximate surface area is 117 Å². The molecule has 2 aromatic rings. The molecule has 106 valence electrons. The first kappa shape index (κ1) is 12.9. The minimum absolute atomic E-state index is 0.0568. The quantitative estimate of drug-likeness (QED) is 0.888. The van der Waals surface area contributed by atoms with Gasteiger partial charge in [-0.15, -0.1) is 0 Å². The van der Waals surface area contributed by atoms with E-state index in [0.717, 1.165) is 25.2 Å². The van der Waals surface area contributed by atoms with Crippen molar-refractivity contribution in [3.8, 4) is 0 Å². The molecule has 1 aliphatic carbocycles. The second kappa shape index (κ2) is 4.77. The van der Waals surface area contributed by atoms with Crippen LogP contribution in [-0.4, -0.2) is 31.8 Å². The van der Waals surface area contributed by atoms with E-state index < -0.39 is 0 Å².